The van der Waals surface area contributed by atoms with E-state index in [1.54, 1.807) is 0 Å². The number of carbonyl (C=O) groups is 4. The highest BCUT2D eigenvalue weighted by atomic mass is 19.1. The largest absolute Gasteiger partial charge is 0.330 e. The van der Waals surface area contributed by atoms with Crippen LogP contribution in [0.1, 0.15) is 56.3 Å². The standard InChI is InChI=1S/C32H30F2N4O4/c33-17-23-19-36(29(20-7-3-1-4-8-20)21-9-5-2-6-10-21)13-14-37(23)32(42)25-15-22-18-38(31(41)24(22)16-26(25)34)27-11-12-28(39)35-30(27)40/h1-10,15-16,23,27,29H,11-14,17-19H2,(H,35,39,40). The zero-order valence-corrected chi connectivity index (χ0v) is 22.8. The third-order valence-corrected chi connectivity index (χ3v) is 8.39. The molecule has 3 aliphatic heterocycles. The third-order valence-electron chi connectivity index (χ3n) is 8.39. The molecule has 0 saturated carbocycles. The highest BCUT2D eigenvalue weighted by Gasteiger charge is 2.41. The van der Waals surface area contributed by atoms with Gasteiger partial charge in [-0.25, -0.2) is 8.78 Å². The first-order valence-corrected chi connectivity index (χ1v) is 14.0. The van der Waals surface area contributed by atoms with E-state index in [-0.39, 0.29) is 49.6 Å². The van der Waals surface area contributed by atoms with Crippen molar-refractivity contribution in [2.24, 2.45) is 0 Å². The number of rotatable bonds is 6. The molecule has 6 rings (SSSR count). The van der Waals surface area contributed by atoms with Crippen LogP contribution < -0.4 is 5.32 Å². The Bertz CT molecular complexity index is 1490. The molecule has 3 aromatic carbocycles. The smallest absolute Gasteiger partial charge is 0.257 e. The van der Waals surface area contributed by atoms with Crippen LogP contribution in [0.4, 0.5) is 8.78 Å². The summed E-state index contributed by atoms with van der Waals surface area (Å²) in [4.78, 5) is 55.4. The number of hydrogen-bond acceptors (Lipinski definition) is 5. The Balaban J connectivity index is 1.22. The molecule has 3 aromatic rings. The van der Waals surface area contributed by atoms with Gasteiger partial charge in [0.15, 0.2) is 0 Å². The molecule has 3 aliphatic rings. The lowest BCUT2D eigenvalue weighted by Gasteiger charge is -2.44. The van der Waals surface area contributed by atoms with Gasteiger partial charge < -0.3 is 9.80 Å². The van der Waals surface area contributed by atoms with Gasteiger partial charge in [0.1, 0.15) is 18.5 Å². The first-order valence-electron chi connectivity index (χ1n) is 14.0. The van der Waals surface area contributed by atoms with Crippen LogP contribution in [0.15, 0.2) is 72.8 Å². The van der Waals surface area contributed by atoms with Gasteiger partial charge in [-0.3, -0.25) is 29.4 Å². The van der Waals surface area contributed by atoms with Crippen LogP contribution in [-0.4, -0.2) is 76.7 Å². The molecule has 42 heavy (non-hydrogen) atoms. The number of benzene rings is 3. The van der Waals surface area contributed by atoms with Gasteiger partial charge >= 0.3 is 0 Å². The number of piperidine rings is 1. The minimum Gasteiger partial charge on any atom is -0.330 e. The minimum absolute atomic E-state index is 0.0111. The first-order chi connectivity index (χ1) is 20.4. The Morgan fingerprint density at radius 2 is 1.62 bits per heavy atom. The van der Waals surface area contributed by atoms with E-state index in [0.29, 0.717) is 12.1 Å². The summed E-state index contributed by atoms with van der Waals surface area (Å²) in [5.41, 5.74) is 2.36. The van der Waals surface area contributed by atoms with Crippen molar-refractivity contribution in [2.45, 2.75) is 37.5 Å². The van der Waals surface area contributed by atoms with Crippen LogP contribution >= 0.6 is 0 Å². The van der Waals surface area contributed by atoms with Crippen molar-refractivity contribution in [1.82, 2.24) is 20.0 Å². The van der Waals surface area contributed by atoms with Crippen LogP contribution in [0.25, 0.3) is 0 Å². The molecule has 0 spiro atoms. The van der Waals surface area contributed by atoms with Crippen molar-refractivity contribution in [2.75, 3.05) is 26.3 Å². The minimum atomic E-state index is -0.872. The zero-order valence-electron chi connectivity index (χ0n) is 22.8. The van der Waals surface area contributed by atoms with Gasteiger partial charge in [0.05, 0.1) is 17.6 Å². The molecule has 216 valence electrons. The molecular formula is C32H30F2N4O4. The molecule has 0 aliphatic carbocycles. The van der Waals surface area contributed by atoms with Gasteiger partial charge in [0.2, 0.25) is 11.8 Å². The lowest BCUT2D eigenvalue weighted by molar-refractivity contribution is -0.136. The molecule has 2 unspecified atom stereocenters. The number of nitrogens with one attached hydrogen (secondary N) is 1. The summed E-state index contributed by atoms with van der Waals surface area (Å²) in [5.74, 6) is -3.01. The number of piperazine rings is 1. The van der Waals surface area contributed by atoms with E-state index >= 15 is 4.39 Å². The lowest BCUT2D eigenvalue weighted by Crippen LogP contribution is -2.57. The summed E-state index contributed by atoms with van der Waals surface area (Å²) >= 11 is 0. The molecule has 1 N–H and O–H groups in total. The molecule has 0 aromatic heterocycles. The molecule has 2 atom stereocenters. The molecule has 0 radical (unpaired) electrons. The van der Waals surface area contributed by atoms with E-state index in [1.165, 1.54) is 15.9 Å². The van der Waals surface area contributed by atoms with Gasteiger partial charge in [-0.05, 0) is 35.2 Å². The lowest BCUT2D eigenvalue weighted by atomic mass is 9.95. The number of carbonyl (C=O) groups excluding carboxylic acids is 4. The van der Waals surface area contributed by atoms with Crippen molar-refractivity contribution in [3.63, 3.8) is 0 Å². The number of nitrogens with zero attached hydrogens (tertiary/aromatic N) is 3. The predicted molar refractivity (Wildman–Crippen MR) is 150 cm³/mol. The highest BCUT2D eigenvalue weighted by Crippen LogP contribution is 2.33. The van der Waals surface area contributed by atoms with Crippen molar-refractivity contribution in [3.8, 4) is 0 Å². The second-order valence-corrected chi connectivity index (χ2v) is 10.9. The number of hydrogen-bond donors (Lipinski definition) is 1. The van der Waals surface area contributed by atoms with Crippen molar-refractivity contribution < 1.29 is 28.0 Å². The molecule has 0 bridgehead atoms. The van der Waals surface area contributed by atoms with Crippen molar-refractivity contribution >= 4 is 23.6 Å². The molecule has 4 amide bonds. The fourth-order valence-corrected chi connectivity index (χ4v) is 6.31. The average molecular weight is 573 g/mol. The molecule has 3 heterocycles. The summed E-state index contributed by atoms with van der Waals surface area (Å²) in [6, 6.07) is 20.4. The summed E-state index contributed by atoms with van der Waals surface area (Å²) < 4.78 is 29.9. The number of halogens is 2. The Hall–Kier alpha value is -4.44. The van der Waals surface area contributed by atoms with Crippen LogP contribution in [0.5, 0.6) is 0 Å². The van der Waals surface area contributed by atoms with Gasteiger partial charge in [0, 0.05) is 38.2 Å². The number of imide groups is 1. The molecular weight excluding hydrogens is 542 g/mol. The van der Waals surface area contributed by atoms with Crippen LogP contribution in [0, 0.1) is 5.82 Å². The SMILES string of the molecule is O=C1CCC(N2Cc3cc(C(=O)N4CCN(C(c5ccccc5)c5ccccc5)CC4CF)c(F)cc3C2=O)C(=O)N1. The van der Waals surface area contributed by atoms with Gasteiger partial charge in [0.25, 0.3) is 11.8 Å². The van der Waals surface area contributed by atoms with Crippen LogP contribution in [-0.2, 0) is 16.1 Å². The summed E-state index contributed by atoms with van der Waals surface area (Å²) in [7, 11) is 0. The highest BCUT2D eigenvalue weighted by molar-refractivity contribution is 6.06. The van der Waals surface area contributed by atoms with E-state index in [1.807, 2.05) is 60.7 Å². The number of amides is 4. The number of fused-ring (bicyclic) bond motifs is 1. The Morgan fingerprint density at radius 1 is 0.952 bits per heavy atom. The van der Waals surface area contributed by atoms with Crippen molar-refractivity contribution in [3.05, 3.63) is 106 Å². The predicted octanol–water partition coefficient (Wildman–Crippen LogP) is 3.47. The molecule has 8 nitrogen and oxygen atoms in total. The van der Waals surface area contributed by atoms with E-state index in [2.05, 4.69) is 10.2 Å². The maximum Gasteiger partial charge on any atom is 0.257 e. The van der Waals surface area contributed by atoms with Gasteiger partial charge in [-0.15, -0.1) is 0 Å². The van der Waals surface area contributed by atoms with E-state index in [9.17, 15) is 23.6 Å². The van der Waals surface area contributed by atoms with Gasteiger partial charge in [-0.2, -0.15) is 0 Å². The van der Waals surface area contributed by atoms with Crippen molar-refractivity contribution in [1.29, 1.82) is 0 Å². The third kappa shape index (κ3) is 5.07. The van der Waals surface area contributed by atoms with E-state index in [0.717, 1.165) is 17.2 Å². The Kier molecular flexibility index (Phi) is 7.55. The Labute approximate surface area is 241 Å². The second kappa shape index (κ2) is 11.4. The van der Waals surface area contributed by atoms with Crippen LogP contribution in [0.3, 0.4) is 0 Å². The maximum absolute atomic E-state index is 15.4. The van der Waals surface area contributed by atoms with E-state index in [4.69, 9.17) is 0 Å². The number of alkyl halides is 1. The maximum atomic E-state index is 15.4. The fraction of sp³-hybridized carbons (Fsp3) is 0.312. The molecule has 2 saturated heterocycles. The monoisotopic (exact) mass is 572 g/mol. The first kappa shape index (κ1) is 27.7. The summed E-state index contributed by atoms with van der Waals surface area (Å²) in [6.45, 7) is 0.113. The normalized spacial score (nSPS) is 21.1. The fourth-order valence-electron chi connectivity index (χ4n) is 6.31. The van der Waals surface area contributed by atoms with E-state index < -0.39 is 48.2 Å². The van der Waals surface area contributed by atoms with Gasteiger partial charge in [-0.1, -0.05) is 60.7 Å². The Morgan fingerprint density at radius 3 is 2.24 bits per heavy atom. The zero-order chi connectivity index (χ0) is 29.4. The molecule has 10 heteroatoms. The molecule has 2 fully saturated rings. The summed E-state index contributed by atoms with van der Waals surface area (Å²) in [5, 5.41) is 2.23. The summed E-state index contributed by atoms with van der Waals surface area (Å²) in [6.07, 6.45) is 0.273. The quantitative estimate of drug-likeness (QED) is 0.457. The second-order valence-electron chi connectivity index (χ2n) is 10.9. The van der Waals surface area contributed by atoms with Crippen LogP contribution in [0.2, 0.25) is 0 Å². The average Bonchev–Trinajstić information content (AvgIpc) is 3.32. The topological polar surface area (TPSA) is 90.0 Å².